The number of nitrogens with zero attached hydrogens (tertiary/aromatic N) is 4. The molecule has 4 aromatic rings. The molecule has 4 N–H and O–H groups in total. The lowest BCUT2D eigenvalue weighted by Crippen LogP contribution is -2.23. The summed E-state index contributed by atoms with van der Waals surface area (Å²) in [5.41, 5.74) is 7.65. The highest BCUT2D eigenvalue weighted by atomic mass is 35.5. The van der Waals surface area contributed by atoms with Crippen LogP contribution in [-0.4, -0.2) is 46.9 Å². The van der Waals surface area contributed by atoms with E-state index in [2.05, 4.69) is 19.9 Å². The van der Waals surface area contributed by atoms with Gasteiger partial charge in [-0.25, -0.2) is 18.5 Å². The van der Waals surface area contributed by atoms with Gasteiger partial charge in [0.2, 0.25) is 0 Å². The van der Waals surface area contributed by atoms with Gasteiger partial charge in [-0.2, -0.15) is 0 Å². The SMILES string of the molecule is Cc1cc(S(=O)CCN)ccc1-c1cc(SNC2(O)CC2)cn2c(-c3nnc(C(F)F)s3)nc(Cl)c12. The predicted octanol–water partition coefficient (Wildman–Crippen LogP) is 4.56. The summed E-state index contributed by atoms with van der Waals surface area (Å²) in [6, 6.07) is 7.43. The number of benzene rings is 1. The van der Waals surface area contributed by atoms with Gasteiger partial charge in [-0.1, -0.05) is 29.0 Å². The number of aromatic nitrogens is 4. The molecule has 8 nitrogen and oxygen atoms in total. The van der Waals surface area contributed by atoms with Crippen LogP contribution in [0.25, 0.3) is 27.5 Å². The maximum Gasteiger partial charge on any atom is 0.291 e. The zero-order valence-corrected chi connectivity index (χ0v) is 22.1. The maximum absolute atomic E-state index is 13.2. The number of hydrogen-bond donors (Lipinski definition) is 3. The van der Waals surface area contributed by atoms with E-state index in [0.29, 0.717) is 35.6 Å². The van der Waals surface area contributed by atoms with Gasteiger partial charge in [0.15, 0.2) is 21.0 Å². The summed E-state index contributed by atoms with van der Waals surface area (Å²) in [4.78, 5) is 5.84. The Morgan fingerprint density at radius 1 is 1.33 bits per heavy atom. The topological polar surface area (TPSA) is 118 Å². The highest BCUT2D eigenvalue weighted by Crippen LogP contribution is 2.40. The first-order valence-electron chi connectivity index (χ1n) is 10.9. The highest BCUT2D eigenvalue weighted by molar-refractivity contribution is 7.97. The molecule has 0 saturated heterocycles. The standard InChI is InChI=1S/C22H21ClF2N6O2S3/c1-11-8-13(36(33)7-6-26)2-3-14(11)15-9-12(35-30-22(32)4-5-22)10-31-16(15)17(23)27-19(31)21-29-28-20(34-21)18(24)25/h2-3,8-10,18,30,32H,4-7,26H2,1H3. The summed E-state index contributed by atoms with van der Waals surface area (Å²) in [5, 5.41) is 17.7. The Kier molecular flexibility index (Phi) is 7.15. The first-order chi connectivity index (χ1) is 17.2. The third-order valence-electron chi connectivity index (χ3n) is 5.62. The van der Waals surface area contributed by atoms with Gasteiger partial charge < -0.3 is 10.8 Å². The van der Waals surface area contributed by atoms with Gasteiger partial charge in [0.05, 0.1) is 16.3 Å². The lowest BCUT2D eigenvalue weighted by molar-refractivity contribution is 0.142. The number of nitrogens with one attached hydrogen (secondary N) is 1. The van der Waals surface area contributed by atoms with Crippen LogP contribution in [0.2, 0.25) is 5.15 Å². The van der Waals surface area contributed by atoms with E-state index in [1.54, 1.807) is 16.7 Å². The van der Waals surface area contributed by atoms with Crippen molar-refractivity contribution in [3.63, 3.8) is 0 Å². The van der Waals surface area contributed by atoms with E-state index >= 15 is 0 Å². The van der Waals surface area contributed by atoms with Gasteiger partial charge in [0.1, 0.15) is 5.72 Å². The molecule has 0 amide bonds. The van der Waals surface area contributed by atoms with E-state index in [-0.39, 0.29) is 16.0 Å². The van der Waals surface area contributed by atoms with E-state index in [1.165, 1.54) is 11.9 Å². The van der Waals surface area contributed by atoms with Crippen molar-refractivity contribution in [3.05, 3.63) is 46.2 Å². The van der Waals surface area contributed by atoms with Crippen molar-refractivity contribution in [3.8, 4) is 22.0 Å². The second-order valence-electron chi connectivity index (χ2n) is 8.33. The Morgan fingerprint density at radius 2 is 2.11 bits per heavy atom. The van der Waals surface area contributed by atoms with Crippen LogP contribution in [-0.2, 0) is 10.8 Å². The van der Waals surface area contributed by atoms with Crippen molar-refractivity contribution in [2.75, 3.05) is 12.3 Å². The minimum absolute atomic E-state index is 0.175. The molecule has 1 aliphatic rings. The van der Waals surface area contributed by atoms with Crippen LogP contribution < -0.4 is 10.5 Å². The lowest BCUT2D eigenvalue weighted by Gasteiger charge is -2.15. The molecule has 1 aliphatic carbocycles. The van der Waals surface area contributed by atoms with Crippen molar-refractivity contribution >= 4 is 51.2 Å². The fourth-order valence-corrected chi connectivity index (χ4v) is 6.43. The molecule has 3 aromatic heterocycles. The molecule has 14 heteroatoms. The minimum Gasteiger partial charge on any atom is -0.375 e. The molecule has 3 heterocycles. The summed E-state index contributed by atoms with van der Waals surface area (Å²) >= 11 is 8.59. The summed E-state index contributed by atoms with van der Waals surface area (Å²) in [6.45, 7) is 2.23. The fourth-order valence-electron chi connectivity index (χ4n) is 3.65. The fraction of sp³-hybridized carbons (Fsp3) is 0.318. The van der Waals surface area contributed by atoms with Gasteiger partial charge in [0, 0.05) is 33.8 Å². The van der Waals surface area contributed by atoms with Crippen molar-refractivity contribution < 1.29 is 18.1 Å². The van der Waals surface area contributed by atoms with E-state index in [0.717, 1.165) is 32.9 Å². The average molecular weight is 571 g/mol. The van der Waals surface area contributed by atoms with Crippen molar-refractivity contribution in [1.82, 2.24) is 24.3 Å². The first-order valence-corrected chi connectivity index (χ1v) is 14.2. The number of halogens is 3. The molecule has 36 heavy (non-hydrogen) atoms. The highest BCUT2D eigenvalue weighted by Gasteiger charge is 2.40. The van der Waals surface area contributed by atoms with Gasteiger partial charge in [-0.05, 0) is 61.0 Å². The number of imidazole rings is 1. The first kappa shape index (κ1) is 25.6. The smallest absolute Gasteiger partial charge is 0.291 e. The van der Waals surface area contributed by atoms with Crippen molar-refractivity contribution in [2.45, 2.75) is 41.7 Å². The predicted molar refractivity (Wildman–Crippen MR) is 138 cm³/mol. The molecule has 1 atom stereocenters. The molecular weight excluding hydrogens is 550 g/mol. The Balaban J connectivity index is 1.66. The molecule has 0 bridgehead atoms. The third kappa shape index (κ3) is 5.05. The molecule has 1 unspecified atom stereocenters. The molecule has 0 spiro atoms. The lowest BCUT2D eigenvalue weighted by atomic mass is 10.0. The Labute approximate surface area is 220 Å². The van der Waals surface area contributed by atoms with Crippen molar-refractivity contribution in [1.29, 1.82) is 0 Å². The minimum atomic E-state index is -2.74. The molecule has 1 fully saturated rings. The number of alkyl halides is 2. The van der Waals surface area contributed by atoms with Crippen LogP contribution in [0.4, 0.5) is 8.78 Å². The van der Waals surface area contributed by atoms with E-state index in [1.807, 2.05) is 25.1 Å². The quantitative estimate of drug-likeness (QED) is 0.198. The van der Waals surface area contributed by atoms with Gasteiger partial charge in [-0.15, -0.1) is 10.2 Å². The Morgan fingerprint density at radius 3 is 2.75 bits per heavy atom. The van der Waals surface area contributed by atoms with E-state index < -0.39 is 28.0 Å². The van der Waals surface area contributed by atoms with Crippen LogP contribution in [0.1, 0.15) is 29.8 Å². The van der Waals surface area contributed by atoms with Crippen LogP contribution in [0.15, 0.2) is 40.3 Å². The number of hydrogen-bond acceptors (Lipinski definition) is 9. The number of fused-ring (bicyclic) bond motifs is 1. The summed E-state index contributed by atoms with van der Waals surface area (Å²) in [7, 11) is -1.21. The van der Waals surface area contributed by atoms with Gasteiger partial charge in [-0.3, -0.25) is 8.61 Å². The van der Waals surface area contributed by atoms with E-state index in [9.17, 15) is 18.1 Å². The van der Waals surface area contributed by atoms with Crippen LogP contribution in [0, 0.1) is 6.92 Å². The van der Waals surface area contributed by atoms with Crippen LogP contribution >= 0.6 is 34.9 Å². The summed E-state index contributed by atoms with van der Waals surface area (Å²) in [5.74, 6) is 0.649. The largest absolute Gasteiger partial charge is 0.375 e. The normalized spacial score (nSPS) is 15.6. The third-order valence-corrected chi connectivity index (χ3v) is 9.14. The molecular formula is C22H21ClF2N6O2S3. The summed E-state index contributed by atoms with van der Waals surface area (Å²) in [6.07, 6.45) is 0.326. The summed E-state index contributed by atoms with van der Waals surface area (Å²) < 4.78 is 43.5. The number of pyridine rings is 1. The number of aliphatic hydroxyl groups is 1. The van der Waals surface area contributed by atoms with E-state index in [4.69, 9.17) is 17.3 Å². The molecule has 0 aliphatic heterocycles. The second kappa shape index (κ2) is 10.0. The number of aryl methyl sites for hydroxylation is 1. The molecule has 1 saturated carbocycles. The van der Waals surface area contributed by atoms with Crippen molar-refractivity contribution in [2.24, 2.45) is 5.73 Å². The van der Waals surface area contributed by atoms with Gasteiger partial charge >= 0.3 is 0 Å². The maximum atomic E-state index is 13.2. The van der Waals surface area contributed by atoms with Crippen LogP contribution in [0.3, 0.4) is 0 Å². The zero-order valence-electron chi connectivity index (χ0n) is 18.9. The molecule has 0 radical (unpaired) electrons. The Hall–Kier alpha value is -2.00. The van der Waals surface area contributed by atoms with Gasteiger partial charge in [0.25, 0.3) is 6.43 Å². The zero-order chi connectivity index (χ0) is 25.6. The molecule has 5 rings (SSSR count). The molecule has 1 aromatic carbocycles. The average Bonchev–Trinajstić information content (AvgIpc) is 3.24. The molecule has 190 valence electrons. The van der Waals surface area contributed by atoms with Crippen LogP contribution in [0.5, 0.6) is 0 Å². The number of nitrogens with two attached hydrogens (primary N) is 1. The monoisotopic (exact) mass is 570 g/mol. The second-order valence-corrected chi connectivity index (χ2v) is 12.1. The number of rotatable bonds is 9. The Bertz CT molecular complexity index is 1470.